The maximum absolute atomic E-state index is 13.8. The molecule has 2 aromatic carbocycles. The molecule has 0 unspecified atom stereocenters. The molecule has 6 nitrogen and oxygen atoms in total. The lowest BCUT2D eigenvalue weighted by Gasteiger charge is -2.32. The average molecular weight is 497 g/mol. The monoisotopic (exact) mass is 496 g/mol. The third-order valence-corrected chi connectivity index (χ3v) is 7.09. The highest BCUT2D eigenvalue weighted by Crippen LogP contribution is 2.36. The molecule has 8 heteroatoms. The number of amides is 2. The lowest BCUT2D eigenvalue weighted by Crippen LogP contribution is -2.46. The van der Waals surface area contributed by atoms with Gasteiger partial charge in [-0.25, -0.2) is 4.39 Å². The summed E-state index contributed by atoms with van der Waals surface area (Å²) in [4.78, 5) is 29.9. The summed E-state index contributed by atoms with van der Waals surface area (Å²) in [5, 5.41) is 5.04. The van der Waals surface area contributed by atoms with E-state index in [1.165, 1.54) is 42.6 Å². The first-order chi connectivity index (χ1) is 17.0. The van der Waals surface area contributed by atoms with Crippen molar-refractivity contribution < 1.29 is 23.5 Å². The molecular weight excluding hydrogens is 467 g/mol. The Labute approximate surface area is 208 Å². The Hall–Kier alpha value is -3.39. The molecule has 2 amide bonds. The highest BCUT2D eigenvalue weighted by molar-refractivity contribution is 7.10. The van der Waals surface area contributed by atoms with Crippen LogP contribution < -0.4 is 19.7 Å². The molecule has 4 rings (SSSR count). The lowest BCUT2D eigenvalue weighted by atomic mass is 10.0. The molecule has 0 radical (unpaired) electrons. The molecule has 35 heavy (non-hydrogen) atoms. The smallest absolute Gasteiger partial charge is 0.248 e. The van der Waals surface area contributed by atoms with Gasteiger partial charge in [0.25, 0.3) is 0 Å². The normalized spacial score (nSPS) is 14.4. The molecule has 3 aromatic rings. The highest BCUT2D eigenvalue weighted by Gasteiger charge is 2.35. The summed E-state index contributed by atoms with van der Waals surface area (Å²) in [6, 6.07) is 13.7. The topological polar surface area (TPSA) is 67.9 Å². The van der Waals surface area contributed by atoms with Gasteiger partial charge in [0.1, 0.15) is 11.9 Å². The first kappa shape index (κ1) is 24.7. The van der Waals surface area contributed by atoms with Crippen LogP contribution in [-0.4, -0.2) is 32.1 Å². The molecule has 1 heterocycles. The van der Waals surface area contributed by atoms with Crippen molar-refractivity contribution in [2.75, 3.05) is 19.1 Å². The number of carbonyl (C=O) groups is 2. The molecule has 0 bridgehead atoms. The summed E-state index contributed by atoms with van der Waals surface area (Å²) >= 11 is 1.48. The molecule has 1 aliphatic rings. The fourth-order valence-corrected chi connectivity index (χ4v) is 5.17. The number of ether oxygens (including phenoxy) is 2. The van der Waals surface area contributed by atoms with Crippen molar-refractivity contribution in [1.82, 2.24) is 5.32 Å². The van der Waals surface area contributed by atoms with E-state index in [9.17, 15) is 14.0 Å². The molecule has 0 saturated heterocycles. The molecule has 1 fully saturated rings. The van der Waals surface area contributed by atoms with E-state index in [0.717, 1.165) is 30.6 Å². The summed E-state index contributed by atoms with van der Waals surface area (Å²) in [5.41, 5.74) is 1.01. The first-order valence-electron chi connectivity index (χ1n) is 11.6. The second kappa shape index (κ2) is 11.4. The Morgan fingerprint density at radius 3 is 2.40 bits per heavy atom. The van der Waals surface area contributed by atoms with E-state index < -0.39 is 11.9 Å². The van der Waals surface area contributed by atoms with Crippen molar-refractivity contribution in [3.63, 3.8) is 0 Å². The Morgan fingerprint density at radius 2 is 1.77 bits per heavy atom. The van der Waals surface area contributed by atoms with Crippen LogP contribution in [0.2, 0.25) is 0 Å². The molecular formula is C27H29FN2O4S. The second-order valence-electron chi connectivity index (χ2n) is 8.50. The van der Waals surface area contributed by atoms with Crippen LogP contribution in [0.3, 0.4) is 0 Å². The van der Waals surface area contributed by atoms with Crippen molar-refractivity contribution >= 4 is 28.8 Å². The number of benzene rings is 2. The number of rotatable bonds is 9. The number of hydrogen-bond donors (Lipinski definition) is 1. The average Bonchev–Trinajstić information content (AvgIpc) is 3.57. The van der Waals surface area contributed by atoms with Crippen LogP contribution in [0.1, 0.15) is 42.2 Å². The van der Waals surface area contributed by atoms with Crippen molar-refractivity contribution in [3.8, 4) is 11.5 Å². The summed E-state index contributed by atoms with van der Waals surface area (Å²) in [6.45, 7) is 0. The zero-order valence-corrected chi connectivity index (χ0v) is 20.6. The largest absolute Gasteiger partial charge is 0.493 e. The number of thiophene rings is 1. The van der Waals surface area contributed by atoms with Crippen LogP contribution in [0.5, 0.6) is 11.5 Å². The molecule has 1 N–H and O–H groups in total. The Bertz CT molecular complexity index is 1140. The van der Waals surface area contributed by atoms with E-state index in [4.69, 9.17) is 9.47 Å². The van der Waals surface area contributed by atoms with Gasteiger partial charge in [0.15, 0.2) is 11.5 Å². The Balaban J connectivity index is 1.80. The Kier molecular flexibility index (Phi) is 8.02. The van der Waals surface area contributed by atoms with Crippen molar-refractivity contribution in [2.45, 2.75) is 44.2 Å². The summed E-state index contributed by atoms with van der Waals surface area (Å²) in [5.74, 6) is -0.0108. The number of methoxy groups -OCH3 is 2. The van der Waals surface area contributed by atoms with Gasteiger partial charge >= 0.3 is 0 Å². The van der Waals surface area contributed by atoms with Crippen LogP contribution in [0, 0.1) is 5.82 Å². The van der Waals surface area contributed by atoms with Gasteiger partial charge in [0, 0.05) is 22.7 Å². The molecule has 1 aliphatic carbocycles. The predicted octanol–water partition coefficient (Wildman–Crippen LogP) is 5.28. The number of carbonyl (C=O) groups excluding carboxylic acids is 2. The number of anilines is 1. The molecule has 0 aliphatic heterocycles. The fourth-order valence-electron chi connectivity index (χ4n) is 4.47. The quantitative estimate of drug-likeness (QED) is 0.438. The van der Waals surface area contributed by atoms with Crippen molar-refractivity contribution in [3.05, 3.63) is 76.2 Å². The van der Waals surface area contributed by atoms with Crippen molar-refractivity contribution in [2.24, 2.45) is 0 Å². The van der Waals surface area contributed by atoms with E-state index in [1.807, 2.05) is 17.5 Å². The maximum atomic E-state index is 13.8. The van der Waals surface area contributed by atoms with E-state index in [1.54, 1.807) is 30.3 Å². The third kappa shape index (κ3) is 5.82. The highest BCUT2D eigenvalue weighted by atomic mass is 32.1. The van der Waals surface area contributed by atoms with Crippen LogP contribution >= 0.6 is 11.3 Å². The van der Waals surface area contributed by atoms with Gasteiger partial charge in [-0.15, -0.1) is 11.3 Å². The lowest BCUT2D eigenvalue weighted by molar-refractivity contribution is -0.127. The minimum Gasteiger partial charge on any atom is -0.493 e. The number of halogens is 1. The molecule has 184 valence electrons. The number of nitrogens with one attached hydrogen (secondary N) is 1. The molecule has 1 atom stereocenters. The summed E-state index contributed by atoms with van der Waals surface area (Å²) in [6.07, 6.45) is 4.05. The van der Waals surface area contributed by atoms with E-state index in [-0.39, 0.29) is 24.3 Å². The zero-order chi connectivity index (χ0) is 24.8. The maximum Gasteiger partial charge on any atom is 0.248 e. The van der Waals surface area contributed by atoms with Crippen LogP contribution in [0.15, 0.2) is 60.0 Å². The van der Waals surface area contributed by atoms with Gasteiger partial charge in [-0.05, 0) is 54.1 Å². The van der Waals surface area contributed by atoms with E-state index in [2.05, 4.69) is 5.32 Å². The SMILES string of the molecule is COc1ccc(N(C(=O)Cc2cccs2)[C@@H](C(=O)NC2CCCC2)c2ccc(F)cc2)cc1OC. The van der Waals surface area contributed by atoms with E-state index >= 15 is 0 Å². The zero-order valence-electron chi connectivity index (χ0n) is 19.8. The Morgan fingerprint density at radius 1 is 1.06 bits per heavy atom. The first-order valence-corrected chi connectivity index (χ1v) is 12.5. The van der Waals surface area contributed by atoms with Gasteiger partial charge in [0.05, 0.1) is 20.6 Å². The van der Waals surface area contributed by atoms with Gasteiger partial charge < -0.3 is 14.8 Å². The minimum absolute atomic E-state index is 0.0603. The van der Waals surface area contributed by atoms with Gasteiger partial charge in [-0.3, -0.25) is 14.5 Å². The fraction of sp³-hybridized carbons (Fsp3) is 0.333. The van der Waals surface area contributed by atoms with Gasteiger partial charge in [0.2, 0.25) is 11.8 Å². The third-order valence-electron chi connectivity index (χ3n) is 6.21. The van der Waals surface area contributed by atoms with Crippen LogP contribution in [0.4, 0.5) is 10.1 Å². The van der Waals surface area contributed by atoms with E-state index in [0.29, 0.717) is 22.7 Å². The van der Waals surface area contributed by atoms with Gasteiger partial charge in [-0.2, -0.15) is 0 Å². The molecule has 0 spiro atoms. The molecule has 1 saturated carbocycles. The second-order valence-corrected chi connectivity index (χ2v) is 9.54. The number of nitrogens with zero attached hydrogens (tertiary/aromatic N) is 1. The predicted molar refractivity (Wildman–Crippen MR) is 135 cm³/mol. The molecule has 1 aromatic heterocycles. The summed E-state index contributed by atoms with van der Waals surface area (Å²) < 4.78 is 24.6. The van der Waals surface area contributed by atoms with Crippen molar-refractivity contribution in [1.29, 1.82) is 0 Å². The number of hydrogen-bond acceptors (Lipinski definition) is 5. The standard InChI is InChI=1S/C27H29FN2O4S/c1-33-23-14-13-21(16-24(23)34-2)30(25(31)17-22-8-5-15-35-22)26(18-9-11-19(28)12-10-18)27(32)29-20-6-3-4-7-20/h5,8-16,20,26H,3-4,6-7,17H2,1-2H3,(H,29,32)/t26-/m1/s1. The van der Waals surface area contributed by atoms with Gasteiger partial charge in [-0.1, -0.05) is 31.0 Å². The van der Waals surface area contributed by atoms with Crippen LogP contribution in [0.25, 0.3) is 0 Å². The minimum atomic E-state index is -0.984. The van der Waals surface area contributed by atoms with Crippen LogP contribution in [-0.2, 0) is 16.0 Å². The summed E-state index contributed by atoms with van der Waals surface area (Å²) in [7, 11) is 3.05.